The van der Waals surface area contributed by atoms with Gasteiger partial charge in [-0.15, -0.1) is 0 Å². The molecule has 6 heteroatoms. The van der Waals surface area contributed by atoms with E-state index in [1.165, 1.54) is 6.20 Å². The molecule has 1 aromatic heterocycles. The number of aliphatic carboxylic acids is 1. The molecule has 2 N–H and O–H groups in total. The molecule has 0 aliphatic rings. The molecule has 1 heterocycles. The van der Waals surface area contributed by atoms with E-state index in [-0.39, 0.29) is 10.6 Å². The van der Waals surface area contributed by atoms with Gasteiger partial charge in [0.1, 0.15) is 6.04 Å². The summed E-state index contributed by atoms with van der Waals surface area (Å²) in [6.45, 7) is 3.60. The molecule has 0 bridgehead atoms. The molecule has 0 spiro atoms. The van der Waals surface area contributed by atoms with E-state index < -0.39 is 17.9 Å². The van der Waals surface area contributed by atoms with Gasteiger partial charge in [-0.05, 0) is 19.4 Å². The predicted molar refractivity (Wildman–Crippen MR) is 67.8 cm³/mol. The molecule has 1 aromatic rings. The van der Waals surface area contributed by atoms with Crippen LogP contribution in [-0.2, 0) is 4.79 Å². The van der Waals surface area contributed by atoms with E-state index in [4.69, 9.17) is 16.7 Å². The van der Waals surface area contributed by atoms with Gasteiger partial charge >= 0.3 is 5.97 Å². The number of nitrogens with one attached hydrogen (secondary N) is 1. The summed E-state index contributed by atoms with van der Waals surface area (Å²) in [5, 5.41) is 11.6. The molecule has 1 unspecified atom stereocenters. The van der Waals surface area contributed by atoms with Crippen LogP contribution >= 0.6 is 11.6 Å². The molecule has 0 saturated heterocycles. The van der Waals surface area contributed by atoms with Gasteiger partial charge in [-0.25, -0.2) is 4.79 Å². The van der Waals surface area contributed by atoms with Crippen LogP contribution < -0.4 is 5.32 Å². The molecule has 0 radical (unpaired) electrons. The van der Waals surface area contributed by atoms with E-state index in [0.717, 1.165) is 0 Å². The number of nitrogens with zero attached hydrogens (tertiary/aromatic N) is 1. The first-order valence-electron chi connectivity index (χ1n) is 5.61. The average molecular weight is 271 g/mol. The molecule has 1 atom stereocenters. The van der Waals surface area contributed by atoms with Crippen LogP contribution in [0.2, 0.25) is 5.02 Å². The van der Waals surface area contributed by atoms with E-state index in [1.54, 1.807) is 13.0 Å². The van der Waals surface area contributed by atoms with E-state index in [9.17, 15) is 9.59 Å². The molecule has 0 aromatic carbocycles. The number of hydrogen-bond donors (Lipinski definition) is 2. The smallest absolute Gasteiger partial charge is 0.326 e. The Morgan fingerprint density at radius 1 is 1.56 bits per heavy atom. The third-order valence-electron chi connectivity index (χ3n) is 2.42. The van der Waals surface area contributed by atoms with E-state index in [0.29, 0.717) is 18.5 Å². The number of aryl methyl sites for hydroxylation is 1. The quantitative estimate of drug-likeness (QED) is 0.858. The first-order chi connectivity index (χ1) is 8.45. The van der Waals surface area contributed by atoms with Crippen molar-refractivity contribution in [1.29, 1.82) is 0 Å². The van der Waals surface area contributed by atoms with Crippen molar-refractivity contribution in [2.75, 3.05) is 0 Å². The van der Waals surface area contributed by atoms with Crippen LogP contribution in [0.25, 0.3) is 0 Å². The number of aromatic nitrogens is 1. The molecule has 0 aliphatic carbocycles. The van der Waals surface area contributed by atoms with Crippen molar-refractivity contribution >= 4 is 23.5 Å². The van der Waals surface area contributed by atoms with Crippen molar-refractivity contribution < 1.29 is 14.7 Å². The molecule has 5 nitrogen and oxygen atoms in total. The first-order valence-corrected chi connectivity index (χ1v) is 5.99. The number of carbonyl (C=O) groups is 2. The van der Waals surface area contributed by atoms with Crippen LogP contribution in [0.1, 0.15) is 35.8 Å². The molecule has 1 amide bonds. The Hall–Kier alpha value is -1.62. The van der Waals surface area contributed by atoms with Gasteiger partial charge in [0.05, 0.1) is 10.6 Å². The fourth-order valence-corrected chi connectivity index (χ4v) is 1.77. The normalized spacial score (nSPS) is 11.9. The number of carbonyl (C=O) groups excluding carboxylic acids is 1. The van der Waals surface area contributed by atoms with Gasteiger partial charge in [-0.1, -0.05) is 24.9 Å². The maximum atomic E-state index is 11.9. The molecule has 98 valence electrons. The van der Waals surface area contributed by atoms with Crippen molar-refractivity contribution in [2.24, 2.45) is 0 Å². The van der Waals surface area contributed by atoms with Gasteiger partial charge in [0.25, 0.3) is 5.91 Å². The van der Waals surface area contributed by atoms with Crippen LogP contribution in [0.4, 0.5) is 0 Å². The average Bonchev–Trinajstić information content (AvgIpc) is 2.27. The van der Waals surface area contributed by atoms with Crippen molar-refractivity contribution in [1.82, 2.24) is 10.3 Å². The number of pyridine rings is 1. The predicted octanol–water partition coefficient (Wildman–Crippen LogP) is 2.03. The third kappa shape index (κ3) is 3.70. The Morgan fingerprint density at radius 2 is 2.22 bits per heavy atom. The van der Waals surface area contributed by atoms with Crippen molar-refractivity contribution in [3.63, 3.8) is 0 Å². The Balaban J connectivity index is 2.83. The fourth-order valence-electron chi connectivity index (χ4n) is 1.48. The summed E-state index contributed by atoms with van der Waals surface area (Å²) in [5.74, 6) is -1.57. The Bertz CT molecular complexity index is 463. The maximum Gasteiger partial charge on any atom is 0.326 e. The second-order valence-electron chi connectivity index (χ2n) is 3.96. The second kappa shape index (κ2) is 6.35. The van der Waals surface area contributed by atoms with E-state index in [1.807, 2.05) is 6.92 Å². The van der Waals surface area contributed by atoms with Crippen molar-refractivity contribution in [2.45, 2.75) is 32.7 Å². The highest BCUT2D eigenvalue weighted by Crippen LogP contribution is 2.15. The maximum absolute atomic E-state index is 11.9. The van der Waals surface area contributed by atoms with Gasteiger partial charge in [0.2, 0.25) is 0 Å². The van der Waals surface area contributed by atoms with Gasteiger partial charge in [0.15, 0.2) is 0 Å². The Labute approximate surface area is 110 Å². The van der Waals surface area contributed by atoms with Gasteiger partial charge in [-0.3, -0.25) is 9.78 Å². The SMILES string of the molecule is CCCC(NC(=O)c1cnc(C)cc1Cl)C(=O)O. The summed E-state index contributed by atoms with van der Waals surface area (Å²) in [6.07, 6.45) is 2.38. The zero-order chi connectivity index (χ0) is 13.7. The zero-order valence-electron chi connectivity index (χ0n) is 10.2. The molecule has 0 aliphatic heterocycles. The Kier molecular flexibility index (Phi) is 5.09. The van der Waals surface area contributed by atoms with Gasteiger partial charge in [-0.2, -0.15) is 0 Å². The molecule has 0 saturated carbocycles. The highest BCUT2D eigenvalue weighted by molar-refractivity contribution is 6.33. The lowest BCUT2D eigenvalue weighted by Crippen LogP contribution is -2.40. The van der Waals surface area contributed by atoms with Crippen LogP contribution in [0.5, 0.6) is 0 Å². The lowest BCUT2D eigenvalue weighted by atomic mass is 10.1. The summed E-state index contributed by atoms with van der Waals surface area (Å²) >= 11 is 5.92. The summed E-state index contributed by atoms with van der Waals surface area (Å²) in [6, 6.07) is 0.659. The Morgan fingerprint density at radius 3 is 2.72 bits per heavy atom. The zero-order valence-corrected chi connectivity index (χ0v) is 11.0. The molecule has 18 heavy (non-hydrogen) atoms. The monoisotopic (exact) mass is 270 g/mol. The van der Waals surface area contributed by atoms with Crippen LogP contribution in [0.3, 0.4) is 0 Å². The number of rotatable bonds is 5. The minimum absolute atomic E-state index is 0.185. The standard InChI is InChI=1S/C12H15ClN2O3/c1-3-4-10(12(17)18)15-11(16)8-6-14-7(2)5-9(8)13/h5-6,10H,3-4H2,1-2H3,(H,15,16)(H,17,18). The highest BCUT2D eigenvalue weighted by atomic mass is 35.5. The number of hydrogen-bond acceptors (Lipinski definition) is 3. The summed E-state index contributed by atoms with van der Waals surface area (Å²) in [4.78, 5) is 26.8. The topological polar surface area (TPSA) is 79.3 Å². The largest absolute Gasteiger partial charge is 0.480 e. The molecule has 0 fully saturated rings. The minimum atomic E-state index is -1.05. The number of halogens is 1. The lowest BCUT2D eigenvalue weighted by Gasteiger charge is -2.14. The van der Waals surface area contributed by atoms with E-state index >= 15 is 0 Å². The fraction of sp³-hybridized carbons (Fsp3) is 0.417. The van der Waals surface area contributed by atoms with Crippen LogP contribution in [-0.4, -0.2) is 28.0 Å². The summed E-state index contributed by atoms with van der Waals surface area (Å²) in [5.41, 5.74) is 0.879. The second-order valence-corrected chi connectivity index (χ2v) is 4.37. The summed E-state index contributed by atoms with van der Waals surface area (Å²) in [7, 11) is 0. The lowest BCUT2D eigenvalue weighted by molar-refractivity contribution is -0.139. The highest BCUT2D eigenvalue weighted by Gasteiger charge is 2.21. The van der Waals surface area contributed by atoms with Gasteiger partial charge in [0, 0.05) is 11.9 Å². The third-order valence-corrected chi connectivity index (χ3v) is 2.73. The number of carboxylic acids is 1. The van der Waals surface area contributed by atoms with Crippen LogP contribution in [0.15, 0.2) is 12.3 Å². The number of carboxylic acid groups (broad SMARTS) is 1. The van der Waals surface area contributed by atoms with Crippen molar-refractivity contribution in [3.8, 4) is 0 Å². The molecule has 1 rings (SSSR count). The summed E-state index contributed by atoms with van der Waals surface area (Å²) < 4.78 is 0. The van der Waals surface area contributed by atoms with Crippen LogP contribution in [0, 0.1) is 6.92 Å². The molecular weight excluding hydrogens is 256 g/mol. The number of amides is 1. The van der Waals surface area contributed by atoms with Gasteiger partial charge < -0.3 is 10.4 Å². The minimum Gasteiger partial charge on any atom is -0.480 e. The van der Waals surface area contributed by atoms with Crippen molar-refractivity contribution in [3.05, 3.63) is 28.5 Å². The first kappa shape index (κ1) is 14.4. The van der Waals surface area contributed by atoms with E-state index in [2.05, 4.69) is 10.3 Å². The molecular formula is C12H15ClN2O3.